The number of anilines is 1. The van der Waals surface area contributed by atoms with Crippen molar-refractivity contribution in [3.8, 4) is 0 Å². The number of hydrogen-bond donors (Lipinski definition) is 2. The monoisotopic (exact) mass is 322 g/mol. The highest BCUT2D eigenvalue weighted by atomic mass is 35.5. The third-order valence-electron chi connectivity index (χ3n) is 2.67. The summed E-state index contributed by atoms with van der Waals surface area (Å²) in [5, 5.41) is 2.72. The molecule has 0 aliphatic rings. The number of nitrogens with one attached hydrogen (secondary N) is 2. The Morgan fingerprint density at radius 1 is 1.32 bits per heavy atom. The van der Waals surface area contributed by atoms with E-state index in [0.29, 0.717) is 5.69 Å². The second-order valence-corrected chi connectivity index (χ2v) is 5.33. The van der Waals surface area contributed by atoms with Crippen molar-refractivity contribution in [2.24, 2.45) is 0 Å². The van der Waals surface area contributed by atoms with E-state index in [9.17, 15) is 4.39 Å². The zero-order chi connectivity index (χ0) is 14.8. The molecule has 0 unspecified atom stereocenters. The molecule has 6 heteroatoms. The molecule has 0 saturated carbocycles. The second kappa shape index (κ2) is 10.3. The van der Waals surface area contributed by atoms with Crippen LogP contribution in [0.15, 0.2) is 18.2 Å². The summed E-state index contributed by atoms with van der Waals surface area (Å²) in [5.41, 5.74) is 0.599. The molecular formula is C13H20ClFN2S2. The van der Waals surface area contributed by atoms with Gasteiger partial charge >= 0.3 is 0 Å². The Morgan fingerprint density at radius 2 is 1.84 bits per heavy atom. The molecule has 0 aliphatic heterocycles. The molecular weight excluding hydrogens is 303 g/mol. The van der Waals surface area contributed by atoms with Crippen molar-refractivity contribution in [2.75, 3.05) is 25.0 Å². The van der Waals surface area contributed by atoms with Gasteiger partial charge in [-0.1, -0.05) is 15.9 Å². The summed E-state index contributed by atoms with van der Waals surface area (Å²) in [6, 6.07) is 4.19. The van der Waals surface area contributed by atoms with Crippen molar-refractivity contribution in [1.29, 1.82) is 0 Å². The number of hydrogen-bond acceptors (Lipinski definition) is 2. The van der Waals surface area contributed by atoms with E-state index in [1.807, 2.05) is 0 Å². The van der Waals surface area contributed by atoms with Gasteiger partial charge in [0.2, 0.25) is 0 Å². The van der Waals surface area contributed by atoms with Crippen molar-refractivity contribution in [2.45, 2.75) is 20.8 Å². The minimum absolute atomic E-state index is 0.0475. The van der Waals surface area contributed by atoms with Crippen molar-refractivity contribution in [3.63, 3.8) is 0 Å². The van der Waals surface area contributed by atoms with Crippen molar-refractivity contribution in [3.05, 3.63) is 29.0 Å². The summed E-state index contributed by atoms with van der Waals surface area (Å²) in [5.74, 6) is -0.461. The maximum atomic E-state index is 12.6. The largest absolute Gasteiger partial charge is 0.411 e. The Hall–Kier alpha value is -0.490. The smallest absolute Gasteiger partial charge is 0.141 e. The highest BCUT2D eigenvalue weighted by Crippen LogP contribution is 2.19. The van der Waals surface area contributed by atoms with E-state index in [4.69, 9.17) is 11.6 Å². The van der Waals surface area contributed by atoms with Gasteiger partial charge < -0.3 is 35.1 Å². The lowest BCUT2D eigenvalue weighted by atomic mass is 10.3. The molecule has 1 rings (SSSR count). The summed E-state index contributed by atoms with van der Waals surface area (Å²) < 4.78 is 12.8. The maximum Gasteiger partial charge on any atom is 0.141 e. The van der Waals surface area contributed by atoms with Gasteiger partial charge in [-0.3, -0.25) is 0 Å². The number of thiocarbonyl (C=S) groups is 1. The quantitative estimate of drug-likeness (QED) is 0.655. The lowest BCUT2D eigenvalue weighted by molar-refractivity contribution is -0.894. The predicted molar refractivity (Wildman–Crippen MR) is 87.6 cm³/mol. The zero-order valence-electron chi connectivity index (χ0n) is 11.4. The summed E-state index contributed by atoms with van der Waals surface area (Å²) in [6.07, 6.45) is 0. The topological polar surface area (TPSA) is 16.5 Å². The van der Waals surface area contributed by atoms with Gasteiger partial charge in [-0.15, -0.1) is 0 Å². The molecule has 0 heterocycles. The third kappa shape index (κ3) is 8.31. The van der Waals surface area contributed by atoms with E-state index in [1.54, 1.807) is 4.90 Å². The molecule has 2 N–H and O–H groups in total. The zero-order valence-corrected chi connectivity index (χ0v) is 13.8. The van der Waals surface area contributed by atoms with Crippen LogP contribution in [0.1, 0.15) is 20.8 Å². The van der Waals surface area contributed by atoms with E-state index >= 15 is 0 Å². The Morgan fingerprint density at radius 3 is 2.16 bits per heavy atom. The molecule has 19 heavy (non-hydrogen) atoms. The van der Waals surface area contributed by atoms with Crippen molar-refractivity contribution in [1.82, 2.24) is 0 Å². The Kier molecular flexibility index (Phi) is 10.0. The van der Waals surface area contributed by atoms with Crippen LogP contribution >= 0.6 is 23.8 Å². The number of halogens is 2. The van der Waals surface area contributed by atoms with Gasteiger partial charge in [-0.25, -0.2) is 4.39 Å². The fourth-order valence-electron chi connectivity index (χ4n) is 1.44. The van der Waals surface area contributed by atoms with Crippen LogP contribution in [-0.4, -0.2) is 24.0 Å². The molecule has 0 bridgehead atoms. The van der Waals surface area contributed by atoms with E-state index < -0.39 is 5.82 Å². The van der Waals surface area contributed by atoms with E-state index in [0.717, 1.165) is 0 Å². The number of rotatable bonds is 4. The van der Waals surface area contributed by atoms with E-state index in [2.05, 4.69) is 50.9 Å². The Balaban J connectivity index is 0.000000399. The molecule has 0 spiro atoms. The molecule has 0 aliphatic carbocycles. The van der Waals surface area contributed by atoms with Gasteiger partial charge in [-0.2, -0.15) is 0 Å². The second-order valence-electron chi connectivity index (χ2n) is 3.85. The summed E-state index contributed by atoms with van der Waals surface area (Å²) in [4.78, 5) is 1.68. The molecule has 1 aromatic carbocycles. The minimum Gasteiger partial charge on any atom is -0.411 e. The first-order valence-electron chi connectivity index (χ1n) is 6.21. The van der Waals surface area contributed by atoms with Crippen LogP contribution < -0.4 is 10.2 Å². The Bertz CT molecular complexity index is 393. The summed E-state index contributed by atoms with van der Waals surface area (Å²) >= 11 is 14.7. The average Bonchev–Trinajstić information content (AvgIpc) is 2.36. The fourth-order valence-corrected chi connectivity index (χ4v) is 1.86. The van der Waals surface area contributed by atoms with Gasteiger partial charge in [0.05, 0.1) is 24.7 Å². The molecule has 108 valence electrons. The first kappa shape index (κ1) is 18.5. The van der Waals surface area contributed by atoms with Crippen LogP contribution in [0.25, 0.3) is 0 Å². The first-order valence-corrected chi connectivity index (χ1v) is 7.40. The van der Waals surface area contributed by atoms with Gasteiger partial charge in [-0.05, 0) is 39.0 Å². The van der Waals surface area contributed by atoms with Crippen LogP contribution in [0.3, 0.4) is 0 Å². The van der Waals surface area contributed by atoms with Crippen LogP contribution in [-0.2, 0) is 12.6 Å². The first-order chi connectivity index (χ1) is 8.94. The third-order valence-corrected chi connectivity index (χ3v) is 3.16. The minimum atomic E-state index is -0.461. The molecule has 0 atom stereocenters. The highest BCUT2D eigenvalue weighted by Gasteiger charge is 1.98. The van der Waals surface area contributed by atoms with Crippen molar-refractivity contribution < 1.29 is 9.29 Å². The molecule has 0 saturated heterocycles. The normalized spacial score (nSPS) is 9.79. The van der Waals surface area contributed by atoms with Gasteiger partial charge in [0, 0.05) is 5.69 Å². The Labute approximate surface area is 130 Å². The van der Waals surface area contributed by atoms with E-state index in [1.165, 1.54) is 37.8 Å². The van der Waals surface area contributed by atoms with Crippen LogP contribution in [0.5, 0.6) is 0 Å². The predicted octanol–water partition coefficient (Wildman–Crippen LogP) is 2.65. The van der Waals surface area contributed by atoms with Crippen LogP contribution in [0.4, 0.5) is 10.1 Å². The molecule has 0 radical (unpaired) electrons. The standard InChI is InChI=1S/C7H5ClFNS2.C6H15N/c8-5-3-4(10-7(11)12)1-2-6(5)9;1-4-7(5-2)6-3/h1-3H,(H2,10,11,12);4-6H2,1-3H3. The lowest BCUT2D eigenvalue weighted by Crippen LogP contribution is -3.11. The summed E-state index contributed by atoms with van der Waals surface area (Å²) in [7, 11) is 0. The average molecular weight is 323 g/mol. The molecule has 0 fully saturated rings. The maximum absolute atomic E-state index is 12.6. The SMILES string of the molecule is CC[NH+](CC)CC.Fc1ccc(NC(=S)[S-])cc1Cl. The molecule has 0 amide bonds. The molecule has 0 aromatic heterocycles. The van der Waals surface area contributed by atoms with Gasteiger partial charge in [0.25, 0.3) is 0 Å². The van der Waals surface area contributed by atoms with Gasteiger partial charge in [0.1, 0.15) is 5.82 Å². The van der Waals surface area contributed by atoms with E-state index in [-0.39, 0.29) is 9.34 Å². The lowest BCUT2D eigenvalue weighted by Gasteiger charge is -2.10. The summed E-state index contributed by atoms with van der Waals surface area (Å²) in [6.45, 7) is 10.5. The highest BCUT2D eigenvalue weighted by molar-refractivity contribution is 8.00. The van der Waals surface area contributed by atoms with Crippen LogP contribution in [0.2, 0.25) is 5.02 Å². The number of benzene rings is 1. The van der Waals surface area contributed by atoms with Crippen LogP contribution in [0, 0.1) is 5.82 Å². The molecule has 2 nitrogen and oxygen atoms in total. The van der Waals surface area contributed by atoms with Gasteiger partial charge in [0.15, 0.2) is 0 Å². The fraction of sp³-hybridized carbons (Fsp3) is 0.462. The van der Waals surface area contributed by atoms with Crippen molar-refractivity contribution >= 4 is 46.5 Å². The number of quaternary nitrogens is 1. The molecule has 1 aromatic rings.